The number of pyridine rings is 1. The third-order valence-corrected chi connectivity index (χ3v) is 6.80. The fourth-order valence-corrected chi connectivity index (χ4v) is 4.67. The van der Waals surface area contributed by atoms with Gasteiger partial charge in [-0.3, -0.25) is 9.78 Å². The first-order chi connectivity index (χ1) is 20.2. The summed E-state index contributed by atoms with van der Waals surface area (Å²) in [4.78, 5) is 28.5. The first kappa shape index (κ1) is 30.9. The van der Waals surface area contributed by atoms with Gasteiger partial charge < -0.3 is 25.4 Å². The molecule has 0 unspecified atom stereocenters. The fraction of sp³-hybridized carbons (Fsp3) is 0.367. The van der Waals surface area contributed by atoms with Crippen LogP contribution >= 0.6 is 0 Å². The van der Waals surface area contributed by atoms with Crippen LogP contribution in [-0.2, 0) is 20.7 Å². The molecule has 1 saturated heterocycles. The van der Waals surface area contributed by atoms with E-state index in [0.717, 1.165) is 17.3 Å². The summed E-state index contributed by atoms with van der Waals surface area (Å²) < 4.78 is 62.0. The van der Waals surface area contributed by atoms with E-state index in [4.69, 9.17) is 9.47 Å². The van der Waals surface area contributed by atoms with Crippen molar-refractivity contribution >= 4 is 17.7 Å². The Morgan fingerprint density at radius 3 is 2.31 bits per heavy atom. The molecule has 0 bridgehead atoms. The highest BCUT2D eigenvalue weighted by Crippen LogP contribution is 2.29. The number of anilines is 1. The molecule has 2 aromatic carbocycles. The van der Waals surface area contributed by atoms with Crippen LogP contribution in [0.3, 0.4) is 0 Å². The second-order valence-corrected chi connectivity index (χ2v) is 9.94. The van der Waals surface area contributed by atoms with Crippen molar-refractivity contribution in [3.05, 3.63) is 95.6 Å². The van der Waals surface area contributed by atoms with Crippen LogP contribution in [0.1, 0.15) is 35.4 Å². The molecule has 1 aliphatic rings. The van der Waals surface area contributed by atoms with Gasteiger partial charge in [-0.15, -0.1) is 0 Å². The van der Waals surface area contributed by atoms with Gasteiger partial charge in [-0.1, -0.05) is 60.7 Å². The predicted molar refractivity (Wildman–Crippen MR) is 147 cm³/mol. The van der Waals surface area contributed by atoms with Crippen LogP contribution in [0.15, 0.2) is 73.1 Å². The lowest BCUT2D eigenvalue weighted by Crippen LogP contribution is -2.49. The highest BCUT2D eigenvalue weighted by Gasteiger charge is 2.29. The van der Waals surface area contributed by atoms with Crippen molar-refractivity contribution in [2.75, 3.05) is 31.6 Å². The van der Waals surface area contributed by atoms with Crippen LogP contribution in [0.5, 0.6) is 0 Å². The SMILES string of the molecule is O=C(CC(c1ccccc1)c1ccccc1)Nc1cncc(F)c1CC[C@@H]1CN[C@H](COC(=O)NCC(F)(F)F)CO1. The maximum Gasteiger partial charge on any atom is 0.407 e. The Bertz CT molecular complexity index is 1260. The standard InChI is InChI=1S/C30H32F4N4O4/c31-26-15-35-16-27(38-28(39)13-25(20-7-3-1-4-8-20)21-9-5-2-6-10-21)24(26)12-11-23-14-36-22(17-41-23)18-42-29(40)37-19-30(32,33)34/h1-10,15-16,22-23,25,36H,11-14,17-19H2,(H,37,40)(H,38,39)/t22-,23+/m0/s1. The summed E-state index contributed by atoms with van der Waals surface area (Å²) in [6, 6.07) is 19.0. The number of carbonyl (C=O) groups is 2. The van der Waals surface area contributed by atoms with E-state index >= 15 is 0 Å². The van der Waals surface area contributed by atoms with Crippen molar-refractivity contribution in [2.45, 2.75) is 43.5 Å². The zero-order valence-corrected chi connectivity index (χ0v) is 22.7. The molecule has 12 heteroatoms. The zero-order chi connectivity index (χ0) is 30.0. The molecule has 2 amide bonds. The number of nitrogens with zero attached hydrogens (tertiary/aromatic N) is 1. The lowest BCUT2D eigenvalue weighted by atomic mass is 9.88. The molecule has 42 heavy (non-hydrogen) atoms. The molecule has 4 rings (SSSR count). The molecule has 2 heterocycles. The second-order valence-electron chi connectivity index (χ2n) is 9.94. The van der Waals surface area contributed by atoms with Crippen molar-refractivity contribution in [3.8, 4) is 0 Å². The summed E-state index contributed by atoms with van der Waals surface area (Å²) in [7, 11) is 0. The lowest BCUT2D eigenvalue weighted by molar-refractivity contribution is -0.124. The van der Waals surface area contributed by atoms with Crippen LogP contribution in [-0.4, -0.2) is 61.6 Å². The van der Waals surface area contributed by atoms with Crippen molar-refractivity contribution < 1.29 is 36.6 Å². The molecular formula is C30H32F4N4O4. The number of alkyl halides is 3. The van der Waals surface area contributed by atoms with E-state index in [0.29, 0.717) is 24.2 Å². The van der Waals surface area contributed by atoms with Gasteiger partial charge >= 0.3 is 12.3 Å². The number of nitrogens with one attached hydrogen (secondary N) is 3. The number of halogens is 4. The molecule has 224 valence electrons. The van der Waals surface area contributed by atoms with E-state index in [-0.39, 0.29) is 44.0 Å². The number of hydrogen-bond donors (Lipinski definition) is 3. The number of benzene rings is 2. The molecule has 8 nitrogen and oxygen atoms in total. The molecule has 2 atom stereocenters. The topological polar surface area (TPSA) is 102 Å². The summed E-state index contributed by atoms with van der Waals surface area (Å²) in [6.07, 6.45) is -2.63. The minimum Gasteiger partial charge on any atom is -0.448 e. The molecule has 1 aliphatic heterocycles. The van der Waals surface area contributed by atoms with Gasteiger partial charge in [0.25, 0.3) is 0 Å². The maximum atomic E-state index is 14.8. The number of alkyl carbamates (subject to hydrolysis) is 1. The predicted octanol–water partition coefficient (Wildman–Crippen LogP) is 4.96. The Balaban J connectivity index is 1.29. The molecule has 1 aromatic heterocycles. The highest BCUT2D eigenvalue weighted by molar-refractivity contribution is 5.92. The van der Waals surface area contributed by atoms with Crippen molar-refractivity contribution in [2.24, 2.45) is 0 Å². The minimum absolute atomic E-state index is 0.150. The Morgan fingerprint density at radius 2 is 1.71 bits per heavy atom. The molecule has 0 saturated carbocycles. The van der Waals surface area contributed by atoms with Gasteiger partial charge in [-0.2, -0.15) is 13.2 Å². The molecule has 0 aliphatic carbocycles. The van der Waals surface area contributed by atoms with E-state index in [1.165, 1.54) is 6.20 Å². The van der Waals surface area contributed by atoms with Gasteiger partial charge in [0.2, 0.25) is 5.91 Å². The molecule has 3 N–H and O–H groups in total. The third kappa shape index (κ3) is 9.52. The minimum atomic E-state index is -4.53. The molecular weight excluding hydrogens is 556 g/mol. The summed E-state index contributed by atoms with van der Waals surface area (Å²) in [5.74, 6) is -1.01. The highest BCUT2D eigenvalue weighted by atomic mass is 19.4. The van der Waals surface area contributed by atoms with Crippen LogP contribution in [0, 0.1) is 5.82 Å². The Labute approximate surface area is 240 Å². The van der Waals surface area contributed by atoms with E-state index in [2.05, 4.69) is 15.6 Å². The average Bonchev–Trinajstić information content (AvgIpc) is 2.98. The van der Waals surface area contributed by atoms with Gasteiger partial charge in [0.15, 0.2) is 0 Å². The van der Waals surface area contributed by atoms with Gasteiger partial charge in [-0.25, -0.2) is 9.18 Å². The smallest absolute Gasteiger partial charge is 0.407 e. The molecule has 3 aromatic rings. The van der Waals surface area contributed by atoms with E-state index in [1.807, 2.05) is 60.7 Å². The van der Waals surface area contributed by atoms with Crippen LogP contribution in [0.25, 0.3) is 0 Å². The quantitative estimate of drug-likeness (QED) is 0.274. The van der Waals surface area contributed by atoms with Gasteiger partial charge in [0.1, 0.15) is 19.0 Å². The first-order valence-corrected chi connectivity index (χ1v) is 13.5. The molecule has 0 radical (unpaired) electrons. The number of rotatable bonds is 11. The van der Waals surface area contributed by atoms with Crippen molar-refractivity contribution in [1.29, 1.82) is 0 Å². The zero-order valence-electron chi connectivity index (χ0n) is 22.7. The van der Waals surface area contributed by atoms with E-state index < -0.39 is 30.7 Å². The number of amides is 2. The number of morpholine rings is 1. The normalized spacial score (nSPS) is 17.1. The van der Waals surface area contributed by atoms with Gasteiger partial charge in [0, 0.05) is 24.4 Å². The Hall–Kier alpha value is -4.03. The summed E-state index contributed by atoms with van der Waals surface area (Å²) >= 11 is 0. The maximum absolute atomic E-state index is 14.8. The van der Waals surface area contributed by atoms with Crippen molar-refractivity contribution in [1.82, 2.24) is 15.6 Å². The number of aromatic nitrogens is 1. The summed E-state index contributed by atoms with van der Waals surface area (Å²) in [5, 5.41) is 7.59. The van der Waals surface area contributed by atoms with Crippen LogP contribution in [0.4, 0.5) is 28.0 Å². The van der Waals surface area contributed by atoms with Crippen LogP contribution in [0.2, 0.25) is 0 Å². The lowest BCUT2D eigenvalue weighted by Gasteiger charge is -2.30. The Kier molecular flexibility index (Phi) is 10.8. The molecule has 0 spiro atoms. The Morgan fingerprint density at radius 1 is 1.05 bits per heavy atom. The summed E-state index contributed by atoms with van der Waals surface area (Å²) in [5.41, 5.74) is 2.58. The average molecular weight is 589 g/mol. The van der Waals surface area contributed by atoms with E-state index in [9.17, 15) is 27.2 Å². The van der Waals surface area contributed by atoms with E-state index in [1.54, 1.807) is 5.32 Å². The number of ether oxygens (including phenoxy) is 2. The largest absolute Gasteiger partial charge is 0.448 e. The van der Waals surface area contributed by atoms with Gasteiger partial charge in [-0.05, 0) is 24.0 Å². The fourth-order valence-electron chi connectivity index (χ4n) is 4.67. The van der Waals surface area contributed by atoms with Gasteiger partial charge in [0.05, 0.1) is 36.8 Å². The molecule has 1 fully saturated rings. The monoisotopic (exact) mass is 588 g/mol. The number of carbonyl (C=O) groups excluding carboxylic acids is 2. The van der Waals surface area contributed by atoms with Crippen LogP contribution < -0.4 is 16.0 Å². The third-order valence-electron chi connectivity index (χ3n) is 6.80. The summed E-state index contributed by atoms with van der Waals surface area (Å²) in [6.45, 7) is -1.13. The first-order valence-electron chi connectivity index (χ1n) is 13.5. The number of hydrogen-bond acceptors (Lipinski definition) is 6. The second kappa shape index (κ2) is 14.7. The van der Waals surface area contributed by atoms with Crippen molar-refractivity contribution in [3.63, 3.8) is 0 Å².